The van der Waals surface area contributed by atoms with Crippen LogP contribution in [-0.4, -0.2) is 21.5 Å². The summed E-state index contributed by atoms with van der Waals surface area (Å²) >= 11 is 0. The summed E-state index contributed by atoms with van der Waals surface area (Å²) in [5.41, 5.74) is 4.94. The fraction of sp³-hybridized carbons (Fsp3) is 0.438. The highest BCUT2D eigenvalue weighted by molar-refractivity contribution is 5.49. The minimum Gasteiger partial charge on any atom is -0.370 e. The largest absolute Gasteiger partial charge is 0.370 e. The van der Waals surface area contributed by atoms with E-state index in [1.807, 2.05) is 12.3 Å². The fourth-order valence-corrected chi connectivity index (χ4v) is 3.07. The van der Waals surface area contributed by atoms with E-state index in [1.165, 1.54) is 16.8 Å². The number of hydrogen-bond acceptors (Lipinski definition) is 4. The Morgan fingerprint density at radius 3 is 2.90 bits per heavy atom. The molecule has 0 radical (unpaired) electrons. The maximum Gasteiger partial charge on any atom is 0.132 e. The van der Waals surface area contributed by atoms with E-state index in [9.17, 15) is 0 Å². The van der Waals surface area contributed by atoms with Crippen molar-refractivity contribution in [3.8, 4) is 0 Å². The van der Waals surface area contributed by atoms with E-state index < -0.39 is 0 Å². The van der Waals surface area contributed by atoms with Crippen molar-refractivity contribution < 1.29 is 0 Å². The van der Waals surface area contributed by atoms with Crippen LogP contribution in [0.25, 0.3) is 0 Å². The smallest absolute Gasteiger partial charge is 0.132 e. The SMILES string of the molecule is CCNc1ncnc(C2CCc3cccnc32)c1CC. The number of hydrogen-bond donors (Lipinski definition) is 1. The topological polar surface area (TPSA) is 50.7 Å². The molecule has 1 aliphatic rings. The second-order valence-corrected chi connectivity index (χ2v) is 5.11. The van der Waals surface area contributed by atoms with Crippen molar-refractivity contribution in [2.75, 3.05) is 11.9 Å². The van der Waals surface area contributed by atoms with Crippen molar-refractivity contribution in [1.82, 2.24) is 15.0 Å². The molecular weight excluding hydrogens is 248 g/mol. The number of aromatic nitrogens is 3. The van der Waals surface area contributed by atoms with Gasteiger partial charge in [-0.3, -0.25) is 4.98 Å². The highest BCUT2D eigenvalue weighted by Gasteiger charge is 2.28. The molecule has 3 rings (SSSR count). The molecule has 1 aliphatic carbocycles. The molecular formula is C16H20N4. The minimum absolute atomic E-state index is 0.321. The van der Waals surface area contributed by atoms with Crippen molar-refractivity contribution in [3.05, 3.63) is 47.2 Å². The molecule has 2 aromatic heterocycles. The standard InChI is InChI=1S/C16H20N4/c1-3-12-15(19-10-20-16(12)17-4-2)13-8-7-11-6-5-9-18-14(11)13/h5-6,9-10,13H,3-4,7-8H2,1-2H3,(H,17,19,20). The number of pyridine rings is 1. The van der Waals surface area contributed by atoms with Crippen LogP contribution in [0.4, 0.5) is 5.82 Å². The van der Waals surface area contributed by atoms with Crippen LogP contribution in [0.15, 0.2) is 24.7 Å². The van der Waals surface area contributed by atoms with Crippen molar-refractivity contribution in [2.24, 2.45) is 0 Å². The summed E-state index contributed by atoms with van der Waals surface area (Å²) in [5.74, 6) is 1.30. The summed E-state index contributed by atoms with van der Waals surface area (Å²) in [5, 5.41) is 3.34. The molecule has 0 bridgehead atoms. The summed E-state index contributed by atoms with van der Waals surface area (Å²) in [6, 6.07) is 4.20. The summed E-state index contributed by atoms with van der Waals surface area (Å²) in [6.45, 7) is 5.13. The fourth-order valence-electron chi connectivity index (χ4n) is 3.07. The Hall–Kier alpha value is -1.97. The van der Waals surface area contributed by atoms with Gasteiger partial charge in [0.15, 0.2) is 0 Å². The molecule has 104 valence electrons. The van der Waals surface area contributed by atoms with Gasteiger partial charge in [-0.2, -0.15) is 0 Å². The second kappa shape index (κ2) is 5.57. The molecule has 2 aromatic rings. The lowest BCUT2D eigenvalue weighted by Gasteiger charge is -2.17. The molecule has 1 unspecified atom stereocenters. The van der Waals surface area contributed by atoms with E-state index in [0.717, 1.165) is 37.3 Å². The lowest BCUT2D eigenvalue weighted by Crippen LogP contribution is -2.11. The number of nitrogens with one attached hydrogen (secondary N) is 1. The lowest BCUT2D eigenvalue weighted by atomic mass is 9.96. The predicted octanol–water partition coefficient (Wildman–Crippen LogP) is 2.94. The Kier molecular flexibility index (Phi) is 3.63. The molecule has 0 saturated heterocycles. The molecule has 0 aromatic carbocycles. The number of rotatable bonds is 4. The third-order valence-corrected chi connectivity index (χ3v) is 3.97. The zero-order valence-corrected chi connectivity index (χ0v) is 12.1. The monoisotopic (exact) mass is 268 g/mol. The summed E-state index contributed by atoms with van der Waals surface area (Å²) < 4.78 is 0. The lowest BCUT2D eigenvalue weighted by molar-refractivity contribution is 0.728. The van der Waals surface area contributed by atoms with Gasteiger partial charge in [-0.05, 0) is 37.8 Å². The maximum absolute atomic E-state index is 4.59. The maximum atomic E-state index is 4.59. The van der Waals surface area contributed by atoms with Gasteiger partial charge in [0.25, 0.3) is 0 Å². The summed E-state index contributed by atoms with van der Waals surface area (Å²) in [4.78, 5) is 13.6. The summed E-state index contributed by atoms with van der Waals surface area (Å²) in [7, 11) is 0. The predicted molar refractivity (Wildman–Crippen MR) is 80.0 cm³/mol. The number of fused-ring (bicyclic) bond motifs is 1. The Morgan fingerprint density at radius 1 is 1.20 bits per heavy atom. The van der Waals surface area contributed by atoms with E-state index in [2.05, 4.69) is 40.2 Å². The van der Waals surface area contributed by atoms with E-state index in [-0.39, 0.29) is 0 Å². The molecule has 0 saturated carbocycles. The molecule has 4 heteroatoms. The minimum atomic E-state index is 0.321. The average molecular weight is 268 g/mol. The van der Waals surface area contributed by atoms with E-state index in [1.54, 1.807) is 6.33 Å². The Labute approximate surface area is 119 Å². The van der Waals surface area contributed by atoms with Crippen LogP contribution in [0.1, 0.15) is 48.7 Å². The first-order valence-electron chi connectivity index (χ1n) is 7.36. The Balaban J connectivity index is 2.05. The van der Waals surface area contributed by atoms with Gasteiger partial charge < -0.3 is 5.32 Å². The van der Waals surface area contributed by atoms with Gasteiger partial charge in [0.2, 0.25) is 0 Å². The van der Waals surface area contributed by atoms with Crippen LogP contribution < -0.4 is 5.32 Å². The van der Waals surface area contributed by atoms with E-state index >= 15 is 0 Å². The third kappa shape index (κ3) is 2.15. The van der Waals surface area contributed by atoms with Gasteiger partial charge in [0.05, 0.1) is 11.4 Å². The molecule has 0 aliphatic heterocycles. The first-order valence-corrected chi connectivity index (χ1v) is 7.36. The number of aryl methyl sites for hydroxylation is 1. The van der Waals surface area contributed by atoms with Gasteiger partial charge in [0.1, 0.15) is 12.1 Å². The van der Waals surface area contributed by atoms with Crippen molar-refractivity contribution in [2.45, 2.75) is 39.0 Å². The zero-order valence-electron chi connectivity index (χ0n) is 12.1. The average Bonchev–Trinajstić information content (AvgIpc) is 2.91. The van der Waals surface area contributed by atoms with Gasteiger partial charge in [-0.15, -0.1) is 0 Å². The second-order valence-electron chi connectivity index (χ2n) is 5.11. The zero-order chi connectivity index (χ0) is 13.9. The highest BCUT2D eigenvalue weighted by atomic mass is 15.0. The number of nitrogens with zero attached hydrogens (tertiary/aromatic N) is 3. The molecule has 0 amide bonds. The van der Waals surface area contributed by atoms with Crippen molar-refractivity contribution in [3.63, 3.8) is 0 Å². The summed E-state index contributed by atoms with van der Waals surface area (Å²) in [6.07, 6.45) is 6.69. The highest BCUT2D eigenvalue weighted by Crippen LogP contribution is 2.38. The number of anilines is 1. The van der Waals surface area contributed by atoms with Gasteiger partial charge >= 0.3 is 0 Å². The van der Waals surface area contributed by atoms with Crippen LogP contribution in [0.2, 0.25) is 0 Å². The molecule has 1 atom stereocenters. The van der Waals surface area contributed by atoms with Crippen LogP contribution in [0, 0.1) is 0 Å². The van der Waals surface area contributed by atoms with Crippen molar-refractivity contribution in [1.29, 1.82) is 0 Å². The molecule has 0 spiro atoms. The quantitative estimate of drug-likeness (QED) is 0.926. The first kappa shape index (κ1) is 13.0. The van der Waals surface area contributed by atoms with E-state index in [0.29, 0.717) is 5.92 Å². The van der Waals surface area contributed by atoms with Crippen LogP contribution in [-0.2, 0) is 12.8 Å². The van der Waals surface area contributed by atoms with Crippen LogP contribution in [0.5, 0.6) is 0 Å². The van der Waals surface area contributed by atoms with E-state index in [4.69, 9.17) is 0 Å². The molecule has 0 fully saturated rings. The molecule has 4 nitrogen and oxygen atoms in total. The molecule has 20 heavy (non-hydrogen) atoms. The normalized spacial score (nSPS) is 17.0. The third-order valence-electron chi connectivity index (χ3n) is 3.97. The first-order chi connectivity index (χ1) is 9.85. The molecule has 1 N–H and O–H groups in total. The van der Waals surface area contributed by atoms with Gasteiger partial charge in [0, 0.05) is 24.2 Å². The van der Waals surface area contributed by atoms with Crippen LogP contribution in [0.3, 0.4) is 0 Å². The van der Waals surface area contributed by atoms with Gasteiger partial charge in [-0.1, -0.05) is 13.0 Å². The Morgan fingerprint density at radius 2 is 2.10 bits per heavy atom. The Bertz CT molecular complexity index is 609. The van der Waals surface area contributed by atoms with Gasteiger partial charge in [-0.25, -0.2) is 9.97 Å². The van der Waals surface area contributed by atoms with Crippen molar-refractivity contribution >= 4 is 5.82 Å². The molecule has 2 heterocycles. The van der Waals surface area contributed by atoms with Crippen LogP contribution >= 0.6 is 0 Å².